The van der Waals surface area contributed by atoms with Crippen LogP contribution in [0.1, 0.15) is 29.5 Å². The van der Waals surface area contributed by atoms with E-state index in [4.69, 9.17) is 0 Å². The standard InChI is InChI=1S/C21H21NO2S2/c23-26(24,20-10-9-16-5-1-2-6-17(16)13-20)22-14-18-7-3-4-8-21(18)19-11-12-25-15-19/h3-4,7-13,15,22H,1-2,5-6,14H2. The molecule has 0 saturated carbocycles. The lowest BCUT2D eigenvalue weighted by Crippen LogP contribution is -2.24. The summed E-state index contributed by atoms with van der Waals surface area (Å²) in [5, 5.41) is 4.11. The van der Waals surface area contributed by atoms with E-state index in [1.54, 1.807) is 17.4 Å². The van der Waals surface area contributed by atoms with Crippen LogP contribution < -0.4 is 4.72 Å². The summed E-state index contributed by atoms with van der Waals surface area (Å²) in [6.45, 7) is 0.283. The van der Waals surface area contributed by atoms with Gasteiger partial charge in [0.1, 0.15) is 0 Å². The number of sulfonamides is 1. The van der Waals surface area contributed by atoms with Crippen LogP contribution in [0.25, 0.3) is 11.1 Å². The van der Waals surface area contributed by atoms with Gasteiger partial charge in [-0.25, -0.2) is 13.1 Å². The lowest BCUT2D eigenvalue weighted by Gasteiger charge is -2.17. The Bertz CT molecular complexity index is 1010. The topological polar surface area (TPSA) is 46.2 Å². The Labute approximate surface area is 158 Å². The van der Waals surface area contributed by atoms with E-state index >= 15 is 0 Å². The second-order valence-corrected chi connectivity index (χ2v) is 9.18. The molecule has 0 aliphatic heterocycles. The van der Waals surface area contributed by atoms with Crippen molar-refractivity contribution in [1.82, 2.24) is 4.72 Å². The number of hydrogen-bond donors (Lipinski definition) is 1. The molecule has 0 spiro atoms. The fourth-order valence-corrected chi connectivity index (χ4v) is 5.22. The van der Waals surface area contributed by atoms with Crippen molar-refractivity contribution in [3.8, 4) is 11.1 Å². The lowest BCUT2D eigenvalue weighted by molar-refractivity contribution is 0.580. The van der Waals surface area contributed by atoms with E-state index in [9.17, 15) is 8.42 Å². The Morgan fingerprint density at radius 3 is 2.58 bits per heavy atom. The van der Waals surface area contributed by atoms with Gasteiger partial charge in [0, 0.05) is 6.54 Å². The van der Waals surface area contributed by atoms with Crippen molar-refractivity contribution in [3.63, 3.8) is 0 Å². The van der Waals surface area contributed by atoms with Gasteiger partial charge in [0.15, 0.2) is 0 Å². The Morgan fingerprint density at radius 2 is 1.77 bits per heavy atom. The molecule has 0 saturated heterocycles. The Balaban J connectivity index is 1.56. The van der Waals surface area contributed by atoms with Crippen LogP contribution >= 0.6 is 11.3 Å². The van der Waals surface area contributed by atoms with Gasteiger partial charge in [0.25, 0.3) is 0 Å². The van der Waals surface area contributed by atoms with E-state index < -0.39 is 10.0 Å². The van der Waals surface area contributed by atoms with Crippen LogP contribution in [-0.2, 0) is 29.4 Å². The molecule has 0 fully saturated rings. The maximum atomic E-state index is 12.8. The summed E-state index contributed by atoms with van der Waals surface area (Å²) >= 11 is 1.64. The normalized spacial score (nSPS) is 14.2. The zero-order valence-electron chi connectivity index (χ0n) is 14.4. The first-order chi connectivity index (χ1) is 12.6. The van der Waals surface area contributed by atoms with Crippen molar-refractivity contribution in [2.24, 2.45) is 0 Å². The van der Waals surface area contributed by atoms with E-state index in [1.807, 2.05) is 41.8 Å². The number of thiophene rings is 1. The molecule has 0 unspecified atom stereocenters. The molecule has 0 atom stereocenters. The van der Waals surface area contributed by atoms with Crippen LogP contribution in [0.15, 0.2) is 64.2 Å². The van der Waals surface area contributed by atoms with Crippen molar-refractivity contribution < 1.29 is 8.42 Å². The minimum Gasteiger partial charge on any atom is -0.207 e. The largest absolute Gasteiger partial charge is 0.240 e. The third-order valence-electron chi connectivity index (χ3n) is 4.93. The molecular formula is C21H21NO2S2. The SMILES string of the molecule is O=S(=O)(NCc1ccccc1-c1ccsc1)c1ccc2c(c1)CCCC2. The quantitative estimate of drug-likeness (QED) is 0.690. The summed E-state index contributed by atoms with van der Waals surface area (Å²) in [5.41, 5.74) is 5.64. The van der Waals surface area contributed by atoms with Crippen LogP contribution in [0, 0.1) is 0 Å². The van der Waals surface area contributed by atoms with Crippen molar-refractivity contribution in [3.05, 3.63) is 76.0 Å². The second-order valence-electron chi connectivity index (χ2n) is 6.63. The van der Waals surface area contributed by atoms with E-state index in [0.717, 1.165) is 36.0 Å². The Hall–Kier alpha value is -1.95. The summed E-state index contributed by atoms with van der Waals surface area (Å²) < 4.78 is 28.3. The van der Waals surface area contributed by atoms with E-state index in [0.29, 0.717) is 4.90 Å². The third-order valence-corrected chi connectivity index (χ3v) is 7.01. The lowest BCUT2D eigenvalue weighted by atomic mass is 9.92. The predicted octanol–water partition coefficient (Wildman–Crippen LogP) is 4.77. The first-order valence-corrected chi connectivity index (χ1v) is 11.3. The molecule has 0 amide bonds. The fourth-order valence-electron chi connectivity index (χ4n) is 3.51. The summed E-state index contributed by atoms with van der Waals surface area (Å²) in [6.07, 6.45) is 4.35. The molecule has 0 radical (unpaired) electrons. The molecule has 26 heavy (non-hydrogen) atoms. The first kappa shape index (κ1) is 17.5. The van der Waals surface area contributed by atoms with Crippen molar-refractivity contribution in [2.45, 2.75) is 37.1 Å². The molecule has 3 nitrogen and oxygen atoms in total. The number of hydrogen-bond acceptors (Lipinski definition) is 3. The van der Waals surface area contributed by atoms with Gasteiger partial charge in [0.2, 0.25) is 10.0 Å². The number of rotatable bonds is 5. The van der Waals surface area contributed by atoms with Crippen molar-refractivity contribution >= 4 is 21.4 Å². The van der Waals surface area contributed by atoms with Gasteiger partial charge in [-0.15, -0.1) is 0 Å². The highest BCUT2D eigenvalue weighted by Crippen LogP contribution is 2.27. The van der Waals surface area contributed by atoms with Crippen molar-refractivity contribution in [2.75, 3.05) is 0 Å². The molecule has 1 heterocycles. The van der Waals surface area contributed by atoms with Gasteiger partial charge in [-0.3, -0.25) is 0 Å². The molecule has 0 bridgehead atoms. The molecule has 1 aliphatic carbocycles. The van der Waals surface area contributed by atoms with Crippen LogP contribution in [0.2, 0.25) is 0 Å². The van der Waals surface area contributed by atoms with Crippen LogP contribution in [0.4, 0.5) is 0 Å². The molecular weight excluding hydrogens is 362 g/mol. The zero-order valence-corrected chi connectivity index (χ0v) is 16.1. The first-order valence-electron chi connectivity index (χ1n) is 8.85. The molecule has 1 aromatic heterocycles. The summed E-state index contributed by atoms with van der Waals surface area (Å²) in [4.78, 5) is 0.367. The molecule has 1 aliphatic rings. The second kappa shape index (κ2) is 7.35. The Kier molecular flexibility index (Phi) is 4.94. The maximum Gasteiger partial charge on any atom is 0.240 e. The van der Waals surface area contributed by atoms with Gasteiger partial charge < -0.3 is 0 Å². The van der Waals surface area contributed by atoms with Gasteiger partial charge in [-0.2, -0.15) is 11.3 Å². The molecule has 1 N–H and O–H groups in total. The summed E-state index contributed by atoms with van der Waals surface area (Å²) in [5.74, 6) is 0. The van der Waals surface area contributed by atoms with Crippen LogP contribution in [0.5, 0.6) is 0 Å². The highest BCUT2D eigenvalue weighted by atomic mass is 32.2. The maximum absolute atomic E-state index is 12.8. The van der Waals surface area contributed by atoms with Gasteiger partial charge in [-0.05, 0) is 82.5 Å². The number of benzene rings is 2. The average Bonchev–Trinajstić information content (AvgIpc) is 3.21. The van der Waals surface area contributed by atoms with E-state index in [2.05, 4.69) is 16.2 Å². The molecule has 2 aromatic carbocycles. The van der Waals surface area contributed by atoms with Crippen LogP contribution in [-0.4, -0.2) is 8.42 Å². The fraction of sp³-hybridized carbons (Fsp3) is 0.238. The van der Waals surface area contributed by atoms with Crippen LogP contribution in [0.3, 0.4) is 0 Å². The smallest absolute Gasteiger partial charge is 0.207 e. The van der Waals surface area contributed by atoms with Crippen molar-refractivity contribution in [1.29, 1.82) is 0 Å². The van der Waals surface area contributed by atoms with Gasteiger partial charge in [-0.1, -0.05) is 30.3 Å². The summed E-state index contributed by atoms with van der Waals surface area (Å²) in [7, 11) is -3.52. The molecule has 4 rings (SSSR count). The minimum absolute atomic E-state index is 0.283. The van der Waals surface area contributed by atoms with E-state index in [1.165, 1.54) is 17.5 Å². The molecule has 134 valence electrons. The van der Waals surface area contributed by atoms with Gasteiger partial charge >= 0.3 is 0 Å². The number of nitrogens with one attached hydrogen (secondary N) is 1. The Morgan fingerprint density at radius 1 is 0.962 bits per heavy atom. The molecule has 3 aromatic rings. The molecule has 5 heteroatoms. The predicted molar refractivity (Wildman–Crippen MR) is 107 cm³/mol. The monoisotopic (exact) mass is 383 g/mol. The third kappa shape index (κ3) is 3.61. The van der Waals surface area contributed by atoms with Gasteiger partial charge in [0.05, 0.1) is 4.90 Å². The number of aryl methyl sites for hydroxylation is 2. The van der Waals surface area contributed by atoms with E-state index in [-0.39, 0.29) is 6.54 Å². The zero-order chi connectivity index (χ0) is 18.0. The average molecular weight is 384 g/mol. The highest BCUT2D eigenvalue weighted by molar-refractivity contribution is 7.89. The number of fused-ring (bicyclic) bond motifs is 1. The minimum atomic E-state index is -3.52. The highest BCUT2D eigenvalue weighted by Gasteiger charge is 2.18. The summed E-state index contributed by atoms with van der Waals surface area (Å²) in [6, 6.07) is 15.5.